The quantitative estimate of drug-likeness (QED) is 0.169. The Morgan fingerprint density at radius 2 is 1.88 bits per heavy atom. The lowest BCUT2D eigenvalue weighted by Crippen LogP contribution is -2.39. The molecule has 0 spiro atoms. The van der Waals surface area contributed by atoms with Crippen molar-refractivity contribution in [2.45, 2.75) is 25.2 Å². The van der Waals surface area contributed by atoms with Crippen LogP contribution in [0.3, 0.4) is 0 Å². The van der Waals surface area contributed by atoms with Crippen molar-refractivity contribution in [3.63, 3.8) is 0 Å². The highest BCUT2D eigenvalue weighted by atomic mass is 127. The van der Waals surface area contributed by atoms with Crippen molar-refractivity contribution in [1.29, 1.82) is 0 Å². The molecule has 1 aromatic rings. The molecule has 9 heteroatoms. The largest absolute Gasteiger partial charge is 0.357 e. The van der Waals surface area contributed by atoms with Gasteiger partial charge in [-0.15, -0.1) is 35.7 Å². The summed E-state index contributed by atoms with van der Waals surface area (Å²) in [6.45, 7) is 5.32. The SMILES string of the molecule is CCNC(=NCCCSc1ccc(F)cc1)NCCS(=O)(=O)CC.I. The summed E-state index contributed by atoms with van der Waals surface area (Å²) in [5.74, 6) is 1.56. The third-order valence-corrected chi connectivity index (χ3v) is 5.95. The summed E-state index contributed by atoms with van der Waals surface area (Å²) < 4.78 is 35.7. The topological polar surface area (TPSA) is 70.6 Å². The number of nitrogens with one attached hydrogen (secondary N) is 2. The number of thioether (sulfide) groups is 1. The standard InChI is InChI=1S/C16H26FN3O2S2.HI/c1-3-18-16(20-11-13-24(21,22)4-2)19-10-5-12-23-15-8-6-14(17)7-9-15;/h6-9H,3-5,10-13H2,1-2H3,(H2,18,19,20);1H. The first-order chi connectivity index (χ1) is 11.5. The Bertz CT molecular complexity index is 610. The highest BCUT2D eigenvalue weighted by molar-refractivity contribution is 14.0. The molecule has 0 heterocycles. The number of aliphatic imine (C=N–C) groups is 1. The van der Waals surface area contributed by atoms with Crippen molar-refractivity contribution >= 4 is 51.5 Å². The summed E-state index contributed by atoms with van der Waals surface area (Å²) >= 11 is 1.66. The number of hydrogen-bond donors (Lipinski definition) is 2. The summed E-state index contributed by atoms with van der Waals surface area (Å²) in [7, 11) is -2.97. The van der Waals surface area contributed by atoms with Crippen LogP contribution < -0.4 is 10.6 Å². The van der Waals surface area contributed by atoms with Crippen LogP contribution in [0.5, 0.6) is 0 Å². The van der Waals surface area contributed by atoms with Crippen LogP contribution >= 0.6 is 35.7 Å². The smallest absolute Gasteiger partial charge is 0.191 e. The van der Waals surface area contributed by atoms with Gasteiger partial charge in [0.05, 0.1) is 5.75 Å². The molecule has 25 heavy (non-hydrogen) atoms. The zero-order chi connectivity index (χ0) is 17.8. The van der Waals surface area contributed by atoms with Gasteiger partial charge >= 0.3 is 0 Å². The van der Waals surface area contributed by atoms with E-state index in [-0.39, 0.29) is 41.3 Å². The molecule has 0 saturated heterocycles. The number of sulfone groups is 1. The summed E-state index contributed by atoms with van der Waals surface area (Å²) in [5.41, 5.74) is 0. The van der Waals surface area contributed by atoms with E-state index in [0.29, 0.717) is 19.0 Å². The summed E-state index contributed by atoms with van der Waals surface area (Å²) in [5, 5.41) is 6.13. The molecule has 2 N–H and O–H groups in total. The molecular formula is C16H27FIN3O2S2. The van der Waals surface area contributed by atoms with Gasteiger partial charge in [-0.25, -0.2) is 12.8 Å². The third-order valence-electron chi connectivity index (χ3n) is 3.14. The normalized spacial score (nSPS) is 11.7. The first kappa shape index (κ1) is 24.5. The van der Waals surface area contributed by atoms with Gasteiger partial charge in [-0.05, 0) is 43.4 Å². The average molecular weight is 503 g/mol. The molecule has 144 valence electrons. The lowest BCUT2D eigenvalue weighted by Gasteiger charge is -2.11. The zero-order valence-electron chi connectivity index (χ0n) is 14.6. The Hall–Kier alpha value is -0.550. The molecule has 0 aliphatic carbocycles. The number of hydrogen-bond acceptors (Lipinski definition) is 4. The van der Waals surface area contributed by atoms with Crippen molar-refractivity contribution < 1.29 is 12.8 Å². The van der Waals surface area contributed by atoms with Crippen LogP contribution in [0.2, 0.25) is 0 Å². The highest BCUT2D eigenvalue weighted by Crippen LogP contribution is 2.18. The van der Waals surface area contributed by atoms with Gasteiger partial charge in [-0.1, -0.05) is 6.92 Å². The number of guanidine groups is 1. The third kappa shape index (κ3) is 11.6. The summed E-state index contributed by atoms with van der Waals surface area (Å²) in [6, 6.07) is 6.45. The van der Waals surface area contributed by atoms with Crippen LogP contribution in [0.4, 0.5) is 4.39 Å². The Balaban J connectivity index is 0.00000576. The first-order valence-electron chi connectivity index (χ1n) is 8.07. The van der Waals surface area contributed by atoms with E-state index in [4.69, 9.17) is 0 Å². The molecule has 0 amide bonds. The summed E-state index contributed by atoms with van der Waals surface area (Å²) in [6.07, 6.45) is 0.881. The van der Waals surface area contributed by atoms with E-state index in [2.05, 4.69) is 15.6 Å². The molecule has 5 nitrogen and oxygen atoms in total. The maximum absolute atomic E-state index is 12.8. The fraction of sp³-hybridized carbons (Fsp3) is 0.562. The van der Waals surface area contributed by atoms with Crippen molar-refractivity contribution in [1.82, 2.24) is 10.6 Å². The van der Waals surface area contributed by atoms with Crippen LogP contribution in [0.25, 0.3) is 0 Å². The van der Waals surface area contributed by atoms with E-state index < -0.39 is 9.84 Å². The van der Waals surface area contributed by atoms with Gasteiger partial charge in [-0.2, -0.15) is 0 Å². The molecule has 1 rings (SSSR count). The minimum Gasteiger partial charge on any atom is -0.357 e. The van der Waals surface area contributed by atoms with E-state index in [1.54, 1.807) is 30.8 Å². The Morgan fingerprint density at radius 1 is 1.20 bits per heavy atom. The molecule has 0 bridgehead atoms. The van der Waals surface area contributed by atoms with Gasteiger partial charge in [0, 0.05) is 30.3 Å². The second-order valence-electron chi connectivity index (χ2n) is 5.08. The zero-order valence-corrected chi connectivity index (χ0v) is 18.6. The van der Waals surface area contributed by atoms with Crippen LogP contribution in [0, 0.1) is 5.82 Å². The first-order valence-corrected chi connectivity index (χ1v) is 10.9. The predicted octanol–water partition coefficient (Wildman–Crippen LogP) is 2.92. The number of nitrogens with zero attached hydrogens (tertiary/aromatic N) is 1. The van der Waals surface area contributed by atoms with Crippen LogP contribution in [0.15, 0.2) is 34.2 Å². The second kappa shape index (κ2) is 13.6. The lowest BCUT2D eigenvalue weighted by atomic mass is 10.4. The molecule has 0 saturated carbocycles. The lowest BCUT2D eigenvalue weighted by molar-refractivity contribution is 0.595. The van der Waals surface area contributed by atoms with Gasteiger partial charge in [0.1, 0.15) is 5.82 Å². The van der Waals surface area contributed by atoms with Gasteiger partial charge < -0.3 is 10.6 Å². The molecular weight excluding hydrogens is 476 g/mol. The molecule has 0 radical (unpaired) electrons. The van der Waals surface area contributed by atoms with E-state index in [1.165, 1.54) is 12.1 Å². The van der Waals surface area contributed by atoms with Crippen LogP contribution in [-0.4, -0.2) is 51.3 Å². The molecule has 0 unspecified atom stereocenters. The molecule has 1 aromatic carbocycles. The molecule has 0 aliphatic rings. The number of benzene rings is 1. The van der Waals surface area contributed by atoms with Crippen molar-refractivity contribution in [3.8, 4) is 0 Å². The van der Waals surface area contributed by atoms with Gasteiger partial charge in [0.25, 0.3) is 0 Å². The van der Waals surface area contributed by atoms with Crippen molar-refractivity contribution in [2.24, 2.45) is 4.99 Å². The van der Waals surface area contributed by atoms with Gasteiger partial charge in [-0.3, -0.25) is 4.99 Å². The Kier molecular flexibility index (Phi) is 13.3. The maximum Gasteiger partial charge on any atom is 0.191 e. The Labute approximate surface area is 171 Å². The van der Waals surface area contributed by atoms with E-state index in [1.807, 2.05) is 6.92 Å². The second-order valence-corrected chi connectivity index (χ2v) is 8.72. The molecule has 0 fully saturated rings. The van der Waals surface area contributed by atoms with Crippen molar-refractivity contribution in [3.05, 3.63) is 30.1 Å². The van der Waals surface area contributed by atoms with Gasteiger partial charge in [0.15, 0.2) is 15.8 Å². The minimum absolute atomic E-state index is 0. The highest BCUT2D eigenvalue weighted by Gasteiger charge is 2.07. The Morgan fingerprint density at radius 3 is 2.48 bits per heavy atom. The van der Waals surface area contributed by atoms with Crippen LogP contribution in [-0.2, 0) is 9.84 Å². The van der Waals surface area contributed by atoms with Crippen molar-refractivity contribution in [2.75, 3.05) is 36.9 Å². The van der Waals surface area contributed by atoms with E-state index in [9.17, 15) is 12.8 Å². The fourth-order valence-corrected chi connectivity index (χ4v) is 3.33. The average Bonchev–Trinajstić information content (AvgIpc) is 2.56. The fourth-order valence-electron chi connectivity index (χ4n) is 1.79. The van der Waals surface area contributed by atoms with E-state index >= 15 is 0 Å². The number of rotatable bonds is 10. The molecule has 0 atom stereocenters. The van der Waals surface area contributed by atoms with Crippen LogP contribution in [0.1, 0.15) is 20.3 Å². The maximum atomic E-state index is 12.8. The summed E-state index contributed by atoms with van der Waals surface area (Å²) in [4.78, 5) is 5.47. The monoisotopic (exact) mass is 503 g/mol. The van der Waals surface area contributed by atoms with E-state index in [0.717, 1.165) is 23.6 Å². The molecule has 0 aliphatic heterocycles. The molecule has 0 aromatic heterocycles. The van der Waals surface area contributed by atoms with Gasteiger partial charge in [0.2, 0.25) is 0 Å². The minimum atomic E-state index is -2.97. The number of halogens is 2. The predicted molar refractivity (Wildman–Crippen MR) is 115 cm³/mol.